The van der Waals surface area contributed by atoms with Crippen LogP contribution in [-0.4, -0.2) is 28.0 Å². The van der Waals surface area contributed by atoms with E-state index in [0.717, 1.165) is 28.2 Å². The van der Waals surface area contributed by atoms with E-state index in [0.29, 0.717) is 5.69 Å². The molecule has 0 aliphatic rings. The Morgan fingerprint density at radius 2 is 1.62 bits per heavy atom. The number of hydrogen-bond acceptors (Lipinski definition) is 4. The second-order valence-corrected chi connectivity index (χ2v) is 8.56. The van der Waals surface area contributed by atoms with Gasteiger partial charge in [-0.15, -0.1) is 0 Å². The lowest BCUT2D eigenvalue weighted by Crippen LogP contribution is -2.12. The van der Waals surface area contributed by atoms with E-state index >= 15 is 0 Å². The monoisotopic (exact) mass is 407 g/mol. The fourth-order valence-electron chi connectivity index (χ4n) is 2.98. The molecular weight excluding hydrogens is 386 g/mol. The molecule has 4 rings (SSSR count). The first-order chi connectivity index (χ1) is 13.8. The van der Waals surface area contributed by atoms with Gasteiger partial charge in [0.1, 0.15) is 0 Å². The van der Waals surface area contributed by atoms with Gasteiger partial charge < -0.3 is 0 Å². The summed E-state index contributed by atoms with van der Waals surface area (Å²) in [5, 5.41) is 8.86. The summed E-state index contributed by atoms with van der Waals surface area (Å²) in [6.45, 7) is 3.91. The molecule has 1 N–H and O–H groups in total. The van der Waals surface area contributed by atoms with Gasteiger partial charge in [0.15, 0.2) is 0 Å². The smallest absolute Gasteiger partial charge is 0.261 e. The van der Waals surface area contributed by atoms with Crippen molar-refractivity contribution in [3.05, 3.63) is 78.2 Å². The topological polar surface area (TPSA) is 81.8 Å². The third kappa shape index (κ3) is 3.79. The summed E-state index contributed by atoms with van der Waals surface area (Å²) >= 11 is 0. The van der Waals surface area contributed by atoms with Crippen LogP contribution in [-0.2, 0) is 17.1 Å². The lowest BCUT2D eigenvalue weighted by Gasteiger charge is -2.09. The van der Waals surface area contributed by atoms with Crippen molar-refractivity contribution in [3.63, 3.8) is 0 Å². The highest BCUT2D eigenvalue weighted by atomic mass is 32.2. The van der Waals surface area contributed by atoms with Crippen LogP contribution in [0.2, 0.25) is 0 Å². The number of aromatic nitrogens is 4. The Balaban J connectivity index is 1.54. The second-order valence-electron chi connectivity index (χ2n) is 6.88. The van der Waals surface area contributed by atoms with Gasteiger partial charge in [-0.1, -0.05) is 17.7 Å². The van der Waals surface area contributed by atoms with Gasteiger partial charge in [-0.05, 0) is 56.3 Å². The highest BCUT2D eigenvalue weighted by molar-refractivity contribution is 7.92. The zero-order valence-electron chi connectivity index (χ0n) is 16.4. The lowest BCUT2D eigenvalue weighted by atomic mass is 10.2. The first-order valence-corrected chi connectivity index (χ1v) is 10.6. The van der Waals surface area contributed by atoms with E-state index < -0.39 is 10.0 Å². The van der Waals surface area contributed by atoms with Crippen LogP contribution in [0.1, 0.15) is 11.3 Å². The Labute approximate surface area is 169 Å². The highest BCUT2D eigenvalue weighted by Gasteiger charge is 2.14. The number of nitrogens with zero attached hydrogens (tertiary/aromatic N) is 4. The van der Waals surface area contributed by atoms with Crippen LogP contribution >= 0.6 is 0 Å². The number of sulfonamides is 1. The van der Waals surface area contributed by atoms with Crippen LogP contribution in [0, 0.1) is 13.8 Å². The Morgan fingerprint density at radius 1 is 0.931 bits per heavy atom. The van der Waals surface area contributed by atoms with Gasteiger partial charge in [-0.25, -0.2) is 13.1 Å². The summed E-state index contributed by atoms with van der Waals surface area (Å²) in [6.07, 6.45) is 3.66. The summed E-state index contributed by atoms with van der Waals surface area (Å²) in [5.74, 6) is 0. The number of nitrogens with one attached hydrogen (secondary N) is 1. The van der Waals surface area contributed by atoms with Crippen molar-refractivity contribution in [1.82, 2.24) is 19.6 Å². The molecule has 0 unspecified atom stereocenters. The maximum Gasteiger partial charge on any atom is 0.261 e. The molecule has 0 saturated carbocycles. The van der Waals surface area contributed by atoms with E-state index in [4.69, 9.17) is 0 Å². The quantitative estimate of drug-likeness (QED) is 0.547. The van der Waals surface area contributed by atoms with Crippen LogP contribution in [0.4, 0.5) is 5.69 Å². The molecule has 4 aromatic rings. The molecule has 0 spiro atoms. The lowest BCUT2D eigenvalue weighted by molar-refractivity contribution is 0.601. The van der Waals surface area contributed by atoms with Crippen molar-refractivity contribution in [2.45, 2.75) is 18.7 Å². The summed E-state index contributed by atoms with van der Waals surface area (Å²) in [5.41, 5.74) is 5.18. The van der Waals surface area contributed by atoms with Gasteiger partial charge in [-0.2, -0.15) is 10.2 Å². The van der Waals surface area contributed by atoms with Gasteiger partial charge in [0.25, 0.3) is 10.0 Å². The van der Waals surface area contributed by atoms with Crippen molar-refractivity contribution in [2.24, 2.45) is 7.05 Å². The molecular formula is C21H21N5O2S. The Bertz CT molecular complexity index is 1250. The molecule has 0 atom stereocenters. The number of hydrogen-bond donors (Lipinski definition) is 1. The number of anilines is 1. The predicted octanol–water partition coefficient (Wildman–Crippen LogP) is 3.69. The minimum atomic E-state index is -3.62. The summed E-state index contributed by atoms with van der Waals surface area (Å²) < 4.78 is 31.2. The van der Waals surface area contributed by atoms with Crippen LogP contribution < -0.4 is 4.72 Å². The molecule has 0 saturated heterocycles. The van der Waals surface area contributed by atoms with Crippen molar-refractivity contribution in [2.75, 3.05) is 4.72 Å². The number of benzene rings is 2. The van der Waals surface area contributed by atoms with Crippen LogP contribution in [0.3, 0.4) is 0 Å². The molecule has 0 bridgehead atoms. The summed E-state index contributed by atoms with van der Waals surface area (Å²) in [4.78, 5) is 0.232. The van der Waals surface area contributed by atoms with E-state index in [2.05, 4.69) is 14.9 Å². The van der Waals surface area contributed by atoms with Gasteiger partial charge >= 0.3 is 0 Å². The average Bonchev–Trinajstić information content (AvgIpc) is 3.30. The zero-order chi connectivity index (χ0) is 20.6. The molecule has 0 aliphatic carbocycles. The van der Waals surface area contributed by atoms with E-state index in [1.54, 1.807) is 47.3 Å². The van der Waals surface area contributed by atoms with E-state index in [1.807, 2.05) is 50.0 Å². The Hall–Kier alpha value is -3.39. The first kappa shape index (κ1) is 18.9. The molecule has 0 fully saturated rings. The van der Waals surface area contributed by atoms with E-state index in [1.165, 1.54) is 0 Å². The van der Waals surface area contributed by atoms with Gasteiger partial charge in [0.2, 0.25) is 0 Å². The average molecular weight is 407 g/mol. The number of rotatable bonds is 5. The molecule has 7 nitrogen and oxygen atoms in total. The zero-order valence-corrected chi connectivity index (χ0v) is 17.2. The molecule has 0 radical (unpaired) electrons. The molecule has 2 aromatic heterocycles. The second kappa shape index (κ2) is 7.21. The minimum Gasteiger partial charge on any atom is -0.280 e. The molecule has 2 heterocycles. The molecule has 0 amide bonds. The van der Waals surface area contributed by atoms with Gasteiger partial charge in [0.05, 0.1) is 22.5 Å². The normalized spacial score (nSPS) is 11.6. The molecule has 2 aromatic carbocycles. The van der Waals surface area contributed by atoms with Crippen LogP contribution in [0.5, 0.6) is 0 Å². The maximum absolute atomic E-state index is 12.5. The van der Waals surface area contributed by atoms with Crippen LogP contribution in [0.15, 0.2) is 71.9 Å². The molecule has 0 aliphatic heterocycles. The molecule has 29 heavy (non-hydrogen) atoms. The van der Waals surface area contributed by atoms with Crippen molar-refractivity contribution in [3.8, 4) is 16.9 Å². The van der Waals surface area contributed by atoms with Crippen LogP contribution in [0.25, 0.3) is 16.9 Å². The third-order valence-electron chi connectivity index (χ3n) is 4.82. The predicted molar refractivity (Wildman–Crippen MR) is 112 cm³/mol. The van der Waals surface area contributed by atoms with Crippen molar-refractivity contribution >= 4 is 15.7 Å². The van der Waals surface area contributed by atoms with Crippen molar-refractivity contribution < 1.29 is 8.42 Å². The van der Waals surface area contributed by atoms with Gasteiger partial charge in [-0.3, -0.25) is 9.40 Å². The number of aryl methyl sites for hydroxylation is 2. The summed E-state index contributed by atoms with van der Waals surface area (Å²) in [7, 11) is -1.73. The maximum atomic E-state index is 12.5. The standard InChI is InChI=1S/C21H21N5O2S/c1-15-4-10-19(11-5-15)29(27,28)24-17-6-8-18(9-7-17)26-13-12-21(23-26)20-14-22-25(3)16(20)2/h4-14,24H,1-3H3. The molecule has 8 heteroatoms. The van der Waals surface area contributed by atoms with Crippen molar-refractivity contribution in [1.29, 1.82) is 0 Å². The first-order valence-electron chi connectivity index (χ1n) is 9.08. The Morgan fingerprint density at radius 3 is 2.24 bits per heavy atom. The highest BCUT2D eigenvalue weighted by Crippen LogP contribution is 2.23. The fourth-order valence-corrected chi connectivity index (χ4v) is 4.03. The SMILES string of the molecule is Cc1ccc(S(=O)(=O)Nc2ccc(-n3ccc(-c4cnn(C)c4C)n3)cc2)cc1. The molecule has 148 valence electrons. The minimum absolute atomic E-state index is 0.232. The third-order valence-corrected chi connectivity index (χ3v) is 6.21. The fraction of sp³-hybridized carbons (Fsp3) is 0.143. The van der Waals surface area contributed by atoms with Gasteiger partial charge in [0, 0.05) is 30.2 Å². The largest absolute Gasteiger partial charge is 0.280 e. The Kier molecular flexibility index (Phi) is 4.71. The summed E-state index contributed by atoms with van der Waals surface area (Å²) in [6, 6.07) is 15.7. The van der Waals surface area contributed by atoms with E-state index in [-0.39, 0.29) is 4.90 Å². The van der Waals surface area contributed by atoms with E-state index in [9.17, 15) is 8.42 Å².